The maximum atomic E-state index is 13.2. The summed E-state index contributed by atoms with van der Waals surface area (Å²) in [4.78, 5) is 11.1. The number of hydrogen-bond acceptors (Lipinski definition) is 4. The highest BCUT2D eigenvalue weighted by atomic mass is 19.1. The molecular formula is C11H8FNO3. The summed E-state index contributed by atoms with van der Waals surface area (Å²) in [5.41, 5.74) is -0.0543. The Morgan fingerprint density at radius 2 is 2.38 bits per heavy atom. The van der Waals surface area contributed by atoms with Crippen LogP contribution >= 0.6 is 0 Å². The van der Waals surface area contributed by atoms with Gasteiger partial charge in [0.1, 0.15) is 17.6 Å². The van der Waals surface area contributed by atoms with Crippen molar-refractivity contribution in [2.75, 3.05) is 6.61 Å². The van der Waals surface area contributed by atoms with Gasteiger partial charge in [-0.05, 0) is 12.1 Å². The molecule has 1 atom stereocenters. The molecule has 0 aliphatic carbocycles. The van der Waals surface area contributed by atoms with E-state index in [0.717, 1.165) is 6.07 Å². The molecule has 1 saturated heterocycles. The van der Waals surface area contributed by atoms with Crippen molar-refractivity contribution in [1.29, 1.82) is 5.26 Å². The molecule has 1 heterocycles. The fraction of sp³-hybridized carbons (Fsp3) is 0.273. The Balaban J connectivity index is 2.14. The zero-order valence-electron chi connectivity index (χ0n) is 8.27. The number of nitriles is 1. The van der Waals surface area contributed by atoms with E-state index >= 15 is 0 Å². The third kappa shape index (κ3) is 1.96. The molecule has 1 aliphatic rings. The number of esters is 1. The summed E-state index contributed by atoms with van der Waals surface area (Å²) < 4.78 is 23.1. The molecule has 0 radical (unpaired) electrons. The van der Waals surface area contributed by atoms with Crippen LogP contribution in [-0.2, 0) is 9.53 Å². The Morgan fingerprint density at radius 3 is 2.94 bits per heavy atom. The van der Waals surface area contributed by atoms with Gasteiger partial charge in [-0.15, -0.1) is 0 Å². The molecule has 5 heteroatoms. The van der Waals surface area contributed by atoms with Crippen molar-refractivity contribution in [3.8, 4) is 11.8 Å². The highest BCUT2D eigenvalue weighted by Gasteiger charge is 2.28. The van der Waals surface area contributed by atoms with E-state index in [2.05, 4.69) is 0 Å². The molecule has 2 rings (SSSR count). The van der Waals surface area contributed by atoms with Crippen molar-refractivity contribution < 1.29 is 18.7 Å². The Bertz CT molecular complexity index is 467. The van der Waals surface area contributed by atoms with E-state index in [4.69, 9.17) is 14.7 Å². The molecule has 1 aromatic carbocycles. The molecule has 0 spiro atoms. The SMILES string of the molecule is N#Cc1ccc(OC2CCOC2=O)cc1F. The molecule has 16 heavy (non-hydrogen) atoms. The first kappa shape index (κ1) is 10.4. The van der Waals surface area contributed by atoms with Crippen molar-refractivity contribution >= 4 is 5.97 Å². The molecule has 1 unspecified atom stereocenters. The molecular weight excluding hydrogens is 213 g/mol. The molecule has 1 aliphatic heterocycles. The maximum absolute atomic E-state index is 13.2. The van der Waals surface area contributed by atoms with Crippen molar-refractivity contribution in [3.05, 3.63) is 29.6 Å². The summed E-state index contributed by atoms with van der Waals surface area (Å²) in [7, 11) is 0. The van der Waals surface area contributed by atoms with Crippen LogP contribution in [-0.4, -0.2) is 18.7 Å². The van der Waals surface area contributed by atoms with Gasteiger partial charge in [0.15, 0.2) is 6.10 Å². The number of cyclic esters (lactones) is 1. The first-order chi connectivity index (χ1) is 7.70. The molecule has 1 aromatic rings. The molecule has 0 bridgehead atoms. The predicted octanol–water partition coefficient (Wildman–Crippen LogP) is 1.39. The zero-order chi connectivity index (χ0) is 11.5. The number of ether oxygens (including phenoxy) is 2. The van der Waals surface area contributed by atoms with Crippen LogP contribution in [0.25, 0.3) is 0 Å². The van der Waals surface area contributed by atoms with E-state index in [1.165, 1.54) is 12.1 Å². The predicted molar refractivity (Wildman–Crippen MR) is 51.1 cm³/mol. The third-order valence-electron chi connectivity index (χ3n) is 2.23. The van der Waals surface area contributed by atoms with Gasteiger partial charge in [-0.3, -0.25) is 0 Å². The van der Waals surface area contributed by atoms with E-state index in [0.29, 0.717) is 13.0 Å². The molecule has 0 amide bonds. The molecule has 0 N–H and O–H groups in total. The first-order valence-corrected chi connectivity index (χ1v) is 4.73. The van der Waals surface area contributed by atoms with Crippen molar-refractivity contribution in [2.45, 2.75) is 12.5 Å². The normalized spacial score (nSPS) is 19.0. The summed E-state index contributed by atoms with van der Waals surface area (Å²) >= 11 is 0. The van der Waals surface area contributed by atoms with Crippen LogP contribution in [0.3, 0.4) is 0 Å². The zero-order valence-corrected chi connectivity index (χ0v) is 8.27. The average Bonchev–Trinajstić information content (AvgIpc) is 2.65. The molecule has 82 valence electrons. The largest absolute Gasteiger partial charge is 0.478 e. The number of rotatable bonds is 2. The van der Waals surface area contributed by atoms with Gasteiger partial charge in [0.25, 0.3) is 0 Å². The van der Waals surface area contributed by atoms with Gasteiger partial charge in [-0.1, -0.05) is 0 Å². The monoisotopic (exact) mass is 221 g/mol. The summed E-state index contributed by atoms with van der Waals surface area (Å²) in [6.45, 7) is 0.322. The van der Waals surface area contributed by atoms with Crippen molar-refractivity contribution in [1.82, 2.24) is 0 Å². The van der Waals surface area contributed by atoms with Crippen molar-refractivity contribution in [2.24, 2.45) is 0 Å². The third-order valence-corrected chi connectivity index (χ3v) is 2.23. The summed E-state index contributed by atoms with van der Waals surface area (Å²) in [5.74, 6) is -0.878. The number of halogens is 1. The van der Waals surface area contributed by atoms with Crippen molar-refractivity contribution in [3.63, 3.8) is 0 Å². The Kier molecular flexibility index (Phi) is 2.73. The molecule has 4 nitrogen and oxygen atoms in total. The standard InChI is InChI=1S/C11H8FNO3/c12-9-5-8(2-1-7(9)6-13)16-10-3-4-15-11(10)14/h1-2,5,10H,3-4H2. The molecule has 1 fully saturated rings. The maximum Gasteiger partial charge on any atom is 0.347 e. The minimum Gasteiger partial charge on any atom is -0.478 e. The summed E-state index contributed by atoms with van der Waals surface area (Å²) in [6, 6.07) is 5.55. The van der Waals surface area contributed by atoms with Crippen LogP contribution in [0.1, 0.15) is 12.0 Å². The second-order valence-corrected chi connectivity index (χ2v) is 3.32. The second-order valence-electron chi connectivity index (χ2n) is 3.32. The van der Waals surface area contributed by atoms with E-state index in [1.807, 2.05) is 0 Å². The van der Waals surface area contributed by atoms with Crippen LogP contribution in [0.2, 0.25) is 0 Å². The number of benzene rings is 1. The Hall–Kier alpha value is -2.09. The highest BCUT2D eigenvalue weighted by Crippen LogP contribution is 2.20. The first-order valence-electron chi connectivity index (χ1n) is 4.73. The summed E-state index contributed by atoms with van der Waals surface area (Å²) in [5, 5.41) is 8.53. The lowest BCUT2D eigenvalue weighted by Crippen LogP contribution is -2.21. The van der Waals surface area contributed by atoms with Gasteiger partial charge >= 0.3 is 5.97 Å². The topological polar surface area (TPSA) is 59.3 Å². The summed E-state index contributed by atoms with van der Waals surface area (Å²) in [6.07, 6.45) is -0.215. The fourth-order valence-corrected chi connectivity index (χ4v) is 1.41. The van der Waals surface area contributed by atoms with Gasteiger partial charge in [0, 0.05) is 12.5 Å². The number of carbonyl (C=O) groups excluding carboxylic acids is 1. The van der Waals surface area contributed by atoms with E-state index in [1.54, 1.807) is 6.07 Å². The van der Waals surface area contributed by atoms with Crippen LogP contribution < -0.4 is 4.74 Å². The van der Waals surface area contributed by atoms with E-state index in [-0.39, 0.29) is 11.3 Å². The Morgan fingerprint density at radius 1 is 1.56 bits per heavy atom. The Labute approximate surface area is 91.2 Å². The lowest BCUT2D eigenvalue weighted by atomic mass is 10.2. The lowest BCUT2D eigenvalue weighted by Gasteiger charge is -2.09. The number of carbonyl (C=O) groups is 1. The average molecular weight is 221 g/mol. The van der Waals surface area contributed by atoms with Crippen LogP contribution in [0, 0.1) is 17.1 Å². The van der Waals surface area contributed by atoms with Gasteiger partial charge in [0.05, 0.1) is 12.2 Å². The quantitative estimate of drug-likeness (QED) is 0.708. The van der Waals surface area contributed by atoms with Gasteiger partial charge in [0.2, 0.25) is 0 Å². The van der Waals surface area contributed by atoms with E-state index in [9.17, 15) is 9.18 Å². The number of hydrogen-bond donors (Lipinski definition) is 0. The second kappa shape index (κ2) is 4.19. The lowest BCUT2D eigenvalue weighted by molar-refractivity contribution is -0.143. The number of nitrogens with zero attached hydrogens (tertiary/aromatic N) is 1. The molecule has 0 saturated carbocycles. The smallest absolute Gasteiger partial charge is 0.347 e. The van der Waals surface area contributed by atoms with Gasteiger partial charge < -0.3 is 9.47 Å². The van der Waals surface area contributed by atoms with Crippen LogP contribution in [0.15, 0.2) is 18.2 Å². The van der Waals surface area contributed by atoms with Crippen LogP contribution in [0.5, 0.6) is 5.75 Å². The minimum absolute atomic E-state index is 0.0543. The fourth-order valence-electron chi connectivity index (χ4n) is 1.41. The van der Waals surface area contributed by atoms with E-state index < -0.39 is 17.9 Å². The molecule has 0 aromatic heterocycles. The van der Waals surface area contributed by atoms with Crippen LogP contribution in [0.4, 0.5) is 4.39 Å². The minimum atomic E-state index is -0.674. The highest BCUT2D eigenvalue weighted by molar-refractivity contribution is 5.76. The van der Waals surface area contributed by atoms with Gasteiger partial charge in [-0.2, -0.15) is 5.26 Å². The van der Waals surface area contributed by atoms with Gasteiger partial charge in [-0.25, -0.2) is 9.18 Å².